The van der Waals surface area contributed by atoms with E-state index in [2.05, 4.69) is 19.1 Å². The summed E-state index contributed by atoms with van der Waals surface area (Å²) in [4.78, 5) is 0. The molecule has 2 heteroatoms. The maximum absolute atomic E-state index is 9.88. The SMILES string of the molecule is C/C1=C/C(O)CCC/C(CO)=C/C=C/CCCC1. The monoisotopic (exact) mass is 250 g/mol. The van der Waals surface area contributed by atoms with E-state index >= 15 is 0 Å². The number of hydrogen-bond donors (Lipinski definition) is 2. The lowest BCUT2D eigenvalue weighted by Gasteiger charge is -2.09. The van der Waals surface area contributed by atoms with Crippen molar-refractivity contribution in [2.75, 3.05) is 6.61 Å². The molecule has 1 atom stereocenters. The van der Waals surface area contributed by atoms with Crippen molar-refractivity contribution in [2.45, 2.75) is 58.0 Å². The van der Waals surface area contributed by atoms with E-state index in [1.54, 1.807) is 0 Å². The van der Waals surface area contributed by atoms with Crippen molar-refractivity contribution in [3.05, 3.63) is 35.5 Å². The molecule has 0 aliphatic heterocycles. The van der Waals surface area contributed by atoms with Crippen molar-refractivity contribution in [1.29, 1.82) is 0 Å². The molecule has 1 aliphatic carbocycles. The first kappa shape index (κ1) is 15.2. The number of aliphatic hydroxyl groups is 2. The summed E-state index contributed by atoms with van der Waals surface area (Å²) in [5, 5.41) is 19.1. The van der Waals surface area contributed by atoms with Crippen LogP contribution in [-0.2, 0) is 0 Å². The van der Waals surface area contributed by atoms with Crippen molar-refractivity contribution >= 4 is 0 Å². The van der Waals surface area contributed by atoms with Gasteiger partial charge in [0.25, 0.3) is 0 Å². The second kappa shape index (κ2) is 9.12. The van der Waals surface area contributed by atoms with Gasteiger partial charge >= 0.3 is 0 Å². The van der Waals surface area contributed by atoms with E-state index in [9.17, 15) is 10.2 Å². The van der Waals surface area contributed by atoms with Crippen LogP contribution in [0.2, 0.25) is 0 Å². The molecule has 1 unspecified atom stereocenters. The molecule has 1 rings (SSSR count). The molecule has 0 saturated carbocycles. The van der Waals surface area contributed by atoms with E-state index in [1.165, 1.54) is 18.4 Å². The topological polar surface area (TPSA) is 40.5 Å². The van der Waals surface area contributed by atoms with Gasteiger partial charge in [0.1, 0.15) is 0 Å². The third-order valence-corrected chi connectivity index (χ3v) is 3.34. The van der Waals surface area contributed by atoms with Crippen LogP contribution in [0.3, 0.4) is 0 Å². The molecule has 0 aromatic heterocycles. The summed E-state index contributed by atoms with van der Waals surface area (Å²) < 4.78 is 0. The lowest BCUT2D eigenvalue weighted by molar-refractivity contribution is 0.207. The largest absolute Gasteiger partial charge is 0.392 e. The van der Waals surface area contributed by atoms with E-state index < -0.39 is 0 Å². The van der Waals surface area contributed by atoms with Gasteiger partial charge in [-0.1, -0.05) is 29.9 Å². The van der Waals surface area contributed by atoms with E-state index in [0.717, 1.165) is 37.7 Å². The Bertz CT molecular complexity index is 313. The first-order valence-electron chi connectivity index (χ1n) is 7.03. The van der Waals surface area contributed by atoms with Crippen molar-refractivity contribution in [1.82, 2.24) is 0 Å². The average Bonchev–Trinajstić information content (AvgIpc) is 2.34. The fraction of sp³-hybridized carbons (Fsp3) is 0.625. The molecule has 102 valence electrons. The highest BCUT2D eigenvalue weighted by atomic mass is 16.3. The van der Waals surface area contributed by atoms with Crippen LogP contribution in [0.5, 0.6) is 0 Å². The number of rotatable bonds is 1. The van der Waals surface area contributed by atoms with E-state index in [0.29, 0.717) is 0 Å². The highest BCUT2D eigenvalue weighted by molar-refractivity contribution is 5.13. The predicted molar refractivity (Wildman–Crippen MR) is 76.4 cm³/mol. The average molecular weight is 250 g/mol. The smallest absolute Gasteiger partial charge is 0.0723 e. The predicted octanol–water partition coefficient (Wildman–Crippen LogP) is 3.51. The quantitative estimate of drug-likeness (QED) is 0.699. The maximum atomic E-state index is 9.88. The Labute approximate surface area is 111 Å². The van der Waals surface area contributed by atoms with Crippen LogP contribution in [0.1, 0.15) is 51.9 Å². The Morgan fingerprint density at radius 2 is 2.06 bits per heavy atom. The van der Waals surface area contributed by atoms with Gasteiger partial charge in [-0.2, -0.15) is 0 Å². The molecule has 2 N–H and O–H groups in total. The molecule has 18 heavy (non-hydrogen) atoms. The van der Waals surface area contributed by atoms with Gasteiger partial charge in [-0.3, -0.25) is 0 Å². The Hall–Kier alpha value is -0.860. The minimum atomic E-state index is -0.330. The third-order valence-electron chi connectivity index (χ3n) is 3.34. The van der Waals surface area contributed by atoms with Crippen molar-refractivity contribution in [2.24, 2.45) is 0 Å². The summed E-state index contributed by atoms with van der Waals surface area (Å²) in [6, 6.07) is 0. The van der Waals surface area contributed by atoms with Crippen LogP contribution in [0.15, 0.2) is 35.5 Å². The number of hydrogen-bond acceptors (Lipinski definition) is 2. The van der Waals surface area contributed by atoms with Crippen molar-refractivity contribution < 1.29 is 10.2 Å². The lowest BCUT2D eigenvalue weighted by atomic mass is 10.0. The fourth-order valence-corrected chi connectivity index (χ4v) is 2.21. The summed E-state index contributed by atoms with van der Waals surface area (Å²) in [5.74, 6) is 0. The van der Waals surface area contributed by atoms with Crippen LogP contribution >= 0.6 is 0 Å². The molecule has 0 bridgehead atoms. The summed E-state index contributed by atoms with van der Waals surface area (Å²) in [7, 11) is 0. The van der Waals surface area contributed by atoms with E-state index in [4.69, 9.17) is 0 Å². The molecular weight excluding hydrogens is 224 g/mol. The Kier molecular flexibility index (Phi) is 7.70. The molecule has 0 fully saturated rings. The minimum absolute atomic E-state index is 0.120. The van der Waals surface area contributed by atoms with Gasteiger partial charge in [0, 0.05) is 0 Å². The summed E-state index contributed by atoms with van der Waals surface area (Å²) in [5.41, 5.74) is 2.35. The molecule has 0 spiro atoms. The Balaban J connectivity index is 2.59. The fourth-order valence-electron chi connectivity index (χ4n) is 2.21. The molecule has 0 heterocycles. The first-order valence-corrected chi connectivity index (χ1v) is 7.03. The first-order chi connectivity index (χ1) is 8.72. The standard InChI is InChI=1S/C16H26O2/c1-14-8-5-3-2-4-6-9-15(13-17)10-7-11-16(18)12-14/h4,6,9,12,16-18H,2-3,5,7-8,10-11,13H2,1H3/b6-4+,14-12-,15-9-. The number of allylic oxidation sites excluding steroid dienone is 4. The second-order valence-corrected chi connectivity index (χ2v) is 5.13. The molecule has 0 aromatic carbocycles. The van der Waals surface area contributed by atoms with E-state index in [1.807, 2.05) is 12.2 Å². The Morgan fingerprint density at radius 3 is 2.83 bits per heavy atom. The summed E-state index contributed by atoms with van der Waals surface area (Å²) in [6.07, 6.45) is 15.0. The molecule has 2 nitrogen and oxygen atoms in total. The zero-order valence-electron chi connectivity index (χ0n) is 11.4. The van der Waals surface area contributed by atoms with Gasteiger partial charge in [-0.25, -0.2) is 0 Å². The lowest BCUT2D eigenvalue weighted by Crippen LogP contribution is -2.04. The van der Waals surface area contributed by atoms with Gasteiger partial charge in [0.15, 0.2) is 0 Å². The summed E-state index contributed by atoms with van der Waals surface area (Å²) >= 11 is 0. The van der Waals surface area contributed by atoms with Crippen LogP contribution in [0, 0.1) is 0 Å². The highest BCUT2D eigenvalue weighted by Gasteiger charge is 2.03. The third kappa shape index (κ3) is 6.77. The highest BCUT2D eigenvalue weighted by Crippen LogP contribution is 2.14. The molecule has 1 aliphatic rings. The second-order valence-electron chi connectivity index (χ2n) is 5.13. The zero-order chi connectivity index (χ0) is 13.2. The van der Waals surface area contributed by atoms with Crippen molar-refractivity contribution in [3.8, 4) is 0 Å². The molecule has 0 amide bonds. The minimum Gasteiger partial charge on any atom is -0.392 e. The van der Waals surface area contributed by atoms with Crippen LogP contribution in [-0.4, -0.2) is 22.9 Å². The van der Waals surface area contributed by atoms with E-state index in [-0.39, 0.29) is 12.7 Å². The maximum Gasteiger partial charge on any atom is 0.0723 e. The zero-order valence-corrected chi connectivity index (χ0v) is 11.4. The molecule has 0 radical (unpaired) electrons. The van der Waals surface area contributed by atoms with Gasteiger partial charge in [0.05, 0.1) is 12.7 Å². The molecule has 0 aromatic rings. The van der Waals surface area contributed by atoms with Gasteiger partial charge in [-0.15, -0.1) is 0 Å². The van der Waals surface area contributed by atoms with Crippen LogP contribution in [0.4, 0.5) is 0 Å². The van der Waals surface area contributed by atoms with Gasteiger partial charge < -0.3 is 10.2 Å². The molecular formula is C16H26O2. The summed E-state index contributed by atoms with van der Waals surface area (Å²) in [6.45, 7) is 2.22. The van der Waals surface area contributed by atoms with Crippen LogP contribution in [0.25, 0.3) is 0 Å². The van der Waals surface area contributed by atoms with Crippen molar-refractivity contribution in [3.63, 3.8) is 0 Å². The molecule has 0 saturated heterocycles. The van der Waals surface area contributed by atoms with Crippen LogP contribution < -0.4 is 0 Å². The Morgan fingerprint density at radius 1 is 1.22 bits per heavy atom. The van der Waals surface area contributed by atoms with Gasteiger partial charge in [0.2, 0.25) is 0 Å². The number of aliphatic hydroxyl groups excluding tert-OH is 2. The normalized spacial score (nSPS) is 31.6. The van der Waals surface area contributed by atoms with Gasteiger partial charge in [-0.05, 0) is 57.4 Å².